The lowest BCUT2D eigenvalue weighted by atomic mass is 10.1. The van der Waals surface area contributed by atoms with Gasteiger partial charge in [0.25, 0.3) is 0 Å². The number of carbonyl (C=O) groups excluding carboxylic acids is 1. The van der Waals surface area contributed by atoms with E-state index in [0.29, 0.717) is 26.1 Å². The second-order valence-corrected chi connectivity index (χ2v) is 6.61. The number of ether oxygens (including phenoxy) is 1. The zero-order valence-electron chi connectivity index (χ0n) is 15.2. The molecule has 0 bridgehead atoms. The molecule has 26 heavy (non-hydrogen) atoms. The molecule has 6 heteroatoms. The Bertz CT molecular complexity index is 756. The number of carbonyl (C=O) groups is 1. The Morgan fingerprint density at radius 2 is 1.88 bits per heavy atom. The Morgan fingerprint density at radius 3 is 2.50 bits per heavy atom. The number of hydrogen-bond donors (Lipinski definition) is 0. The van der Waals surface area contributed by atoms with E-state index in [2.05, 4.69) is 9.88 Å². The maximum Gasteiger partial charge on any atom is 0.227 e. The van der Waals surface area contributed by atoms with E-state index in [1.165, 1.54) is 13.2 Å². The fourth-order valence-electron chi connectivity index (χ4n) is 3.11. The summed E-state index contributed by atoms with van der Waals surface area (Å²) in [5.74, 6) is 0.0473. The van der Waals surface area contributed by atoms with E-state index >= 15 is 0 Å². The summed E-state index contributed by atoms with van der Waals surface area (Å²) < 4.78 is 18.8. The highest BCUT2D eigenvalue weighted by Gasteiger charge is 2.21. The zero-order chi connectivity index (χ0) is 18.5. The average Bonchev–Trinajstić information content (AvgIpc) is 2.64. The first-order valence-electron chi connectivity index (χ1n) is 8.79. The number of rotatable bonds is 5. The van der Waals surface area contributed by atoms with Gasteiger partial charge in [0, 0.05) is 44.6 Å². The first-order chi connectivity index (χ1) is 12.5. The van der Waals surface area contributed by atoms with Crippen molar-refractivity contribution in [3.05, 3.63) is 59.2 Å². The van der Waals surface area contributed by atoms with Crippen LogP contribution in [0.5, 0.6) is 5.75 Å². The molecule has 1 aromatic heterocycles. The van der Waals surface area contributed by atoms with Gasteiger partial charge in [-0.25, -0.2) is 4.39 Å². The first-order valence-corrected chi connectivity index (χ1v) is 8.79. The van der Waals surface area contributed by atoms with Gasteiger partial charge >= 0.3 is 0 Å². The van der Waals surface area contributed by atoms with Gasteiger partial charge in [-0.05, 0) is 36.2 Å². The molecule has 1 fully saturated rings. The van der Waals surface area contributed by atoms with Crippen LogP contribution < -0.4 is 4.74 Å². The minimum absolute atomic E-state index is 0.130. The molecule has 5 nitrogen and oxygen atoms in total. The number of halogens is 1. The van der Waals surface area contributed by atoms with Gasteiger partial charge in [-0.3, -0.25) is 14.7 Å². The van der Waals surface area contributed by atoms with Crippen molar-refractivity contribution in [3.63, 3.8) is 0 Å². The third-order valence-electron chi connectivity index (χ3n) is 4.68. The topological polar surface area (TPSA) is 45.7 Å². The SMILES string of the molecule is COc1ccc(CN2CCN(C(=O)Cc3ccc(C)nc3)CC2)cc1F. The lowest BCUT2D eigenvalue weighted by molar-refractivity contribution is -0.132. The molecule has 0 saturated carbocycles. The number of nitrogens with zero attached hydrogens (tertiary/aromatic N) is 3. The van der Waals surface area contributed by atoms with E-state index in [9.17, 15) is 9.18 Å². The Balaban J connectivity index is 1.50. The van der Waals surface area contributed by atoms with Crippen LogP contribution >= 0.6 is 0 Å². The van der Waals surface area contributed by atoms with Crippen LogP contribution in [0, 0.1) is 12.7 Å². The Morgan fingerprint density at radius 1 is 1.15 bits per heavy atom. The van der Waals surface area contributed by atoms with E-state index in [-0.39, 0.29) is 17.5 Å². The third-order valence-corrected chi connectivity index (χ3v) is 4.68. The van der Waals surface area contributed by atoms with Crippen molar-refractivity contribution in [2.45, 2.75) is 19.9 Å². The molecule has 0 unspecified atom stereocenters. The highest BCUT2D eigenvalue weighted by atomic mass is 19.1. The molecule has 0 radical (unpaired) electrons. The molecular formula is C20H24FN3O2. The Hall–Kier alpha value is -2.47. The second-order valence-electron chi connectivity index (χ2n) is 6.61. The highest BCUT2D eigenvalue weighted by Crippen LogP contribution is 2.19. The van der Waals surface area contributed by atoms with Crippen LogP contribution in [0.25, 0.3) is 0 Å². The van der Waals surface area contributed by atoms with Crippen LogP contribution in [-0.4, -0.2) is 54.0 Å². The summed E-state index contributed by atoms with van der Waals surface area (Å²) >= 11 is 0. The summed E-state index contributed by atoms with van der Waals surface area (Å²) in [5.41, 5.74) is 2.80. The van der Waals surface area contributed by atoms with Gasteiger partial charge in [0.15, 0.2) is 11.6 Å². The van der Waals surface area contributed by atoms with Gasteiger partial charge in [-0.2, -0.15) is 0 Å². The molecule has 0 N–H and O–H groups in total. The summed E-state index contributed by atoms with van der Waals surface area (Å²) in [6.07, 6.45) is 2.15. The van der Waals surface area contributed by atoms with Gasteiger partial charge < -0.3 is 9.64 Å². The fraction of sp³-hybridized carbons (Fsp3) is 0.400. The third kappa shape index (κ3) is 4.58. The summed E-state index contributed by atoms with van der Waals surface area (Å²) in [7, 11) is 1.46. The number of piperazine rings is 1. The average molecular weight is 357 g/mol. The number of aryl methyl sites for hydroxylation is 1. The first kappa shape index (κ1) is 18.3. The van der Waals surface area contributed by atoms with Gasteiger partial charge in [-0.1, -0.05) is 12.1 Å². The van der Waals surface area contributed by atoms with Crippen LogP contribution in [-0.2, 0) is 17.8 Å². The van der Waals surface area contributed by atoms with Crippen molar-refractivity contribution >= 4 is 5.91 Å². The second kappa shape index (κ2) is 8.27. The zero-order valence-corrected chi connectivity index (χ0v) is 15.2. The van der Waals surface area contributed by atoms with Crippen molar-refractivity contribution in [2.24, 2.45) is 0 Å². The van der Waals surface area contributed by atoms with E-state index in [4.69, 9.17) is 4.74 Å². The van der Waals surface area contributed by atoms with Crippen LogP contribution in [0.3, 0.4) is 0 Å². The molecule has 1 saturated heterocycles. The predicted octanol–water partition coefficient (Wildman–Crippen LogP) is 2.42. The summed E-state index contributed by atoms with van der Waals surface area (Å²) in [5, 5.41) is 0. The van der Waals surface area contributed by atoms with Gasteiger partial charge in [0.1, 0.15) is 0 Å². The standard InChI is InChI=1S/C20H24FN3O2/c1-15-3-4-16(13-22-15)12-20(25)24-9-7-23(8-10-24)14-17-5-6-19(26-2)18(21)11-17/h3-6,11,13H,7-10,12,14H2,1-2H3. The molecule has 1 amide bonds. The highest BCUT2D eigenvalue weighted by molar-refractivity contribution is 5.78. The molecule has 1 aliphatic heterocycles. The number of pyridine rings is 1. The molecular weight excluding hydrogens is 333 g/mol. The van der Waals surface area contributed by atoms with Crippen molar-refractivity contribution in [3.8, 4) is 5.75 Å². The predicted molar refractivity (Wildman–Crippen MR) is 97.5 cm³/mol. The molecule has 0 atom stereocenters. The minimum Gasteiger partial charge on any atom is -0.494 e. The number of benzene rings is 1. The molecule has 2 heterocycles. The van der Waals surface area contributed by atoms with Gasteiger partial charge in [-0.15, -0.1) is 0 Å². The lowest BCUT2D eigenvalue weighted by Gasteiger charge is -2.34. The number of aromatic nitrogens is 1. The largest absolute Gasteiger partial charge is 0.494 e. The Kier molecular flexibility index (Phi) is 5.83. The van der Waals surface area contributed by atoms with E-state index in [1.54, 1.807) is 12.3 Å². The normalized spacial score (nSPS) is 15.1. The molecule has 3 rings (SSSR count). The number of methoxy groups -OCH3 is 1. The monoisotopic (exact) mass is 357 g/mol. The Labute approximate surface area is 153 Å². The molecule has 1 aliphatic rings. The molecule has 138 valence electrons. The van der Waals surface area contributed by atoms with Crippen LogP contribution in [0.2, 0.25) is 0 Å². The summed E-state index contributed by atoms with van der Waals surface area (Å²) in [6, 6.07) is 8.92. The van der Waals surface area contributed by atoms with Crippen molar-refractivity contribution < 1.29 is 13.9 Å². The van der Waals surface area contributed by atoms with E-state index in [0.717, 1.165) is 29.9 Å². The number of amides is 1. The minimum atomic E-state index is -0.342. The van der Waals surface area contributed by atoms with Crippen molar-refractivity contribution in [2.75, 3.05) is 33.3 Å². The molecule has 0 spiro atoms. The maximum atomic E-state index is 13.8. The number of hydrogen-bond acceptors (Lipinski definition) is 4. The molecule has 2 aromatic rings. The quantitative estimate of drug-likeness (QED) is 0.825. The van der Waals surface area contributed by atoms with E-state index in [1.807, 2.05) is 30.0 Å². The van der Waals surface area contributed by atoms with Gasteiger partial charge in [0.05, 0.1) is 13.5 Å². The van der Waals surface area contributed by atoms with Crippen LogP contribution in [0.4, 0.5) is 4.39 Å². The molecule has 1 aromatic carbocycles. The summed E-state index contributed by atoms with van der Waals surface area (Å²) in [6.45, 7) is 5.55. The van der Waals surface area contributed by atoms with E-state index < -0.39 is 0 Å². The van der Waals surface area contributed by atoms with Crippen molar-refractivity contribution in [1.29, 1.82) is 0 Å². The van der Waals surface area contributed by atoms with Crippen molar-refractivity contribution in [1.82, 2.24) is 14.8 Å². The molecule has 0 aliphatic carbocycles. The fourth-order valence-corrected chi connectivity index (χ4v) is 3.11. The summed E-state index contributed by atoms with van der Waals surface area (Å²) in [4.78, 5) is 20.8. The maximum absolute atomic E-state index is 13.8. The van der Waals surface area contributed by atoms with Gasteiger partial charge in [0.2, 0.25) is 5.91 Å². The smallest absolute Gasteiger partial charge is 0.227 e. The lowest BCUT2D eigenvalue weighted by Crippen LogP contribution is -2.48. The van der Waals surface area contributed by atoms with Crippen LogP contribution in [0.1, 0.15) is 16.8 Å². The van der Waals surface area contributed by atoms with Crippen LogP contribution in [0.15, 0.2) is 36.5 Å².